The molecule has 0 radical (unpaired) electrons. The molecular weight excluding hydrogens is 280 g/mol. The van der Waals surface area contributed by atoms with E-state index in [0.29, 0.717) is 0 Å². The van der Waals surface area contributed by atoms with Crippen LogP contribution in [0.5, 0.6) is 0 Å². The van der Waals surface area contributed by atoms with Crippen molar-refractivity contribution in [1.29, 1.82) is 0 Å². The Labute approximate surface area is 120 Å². The Bertz CT molecular complexity index is 501. The van der Waals surface area contributed by atoms with Gasteiger partial charge in [-0.1, -0.05) is 12.1 Å². The van der Waals surface area contributed by atoms with E-state index >= 15 is 0 Å². The molecule has 108 valence electrons. The van der Waals surface area contributed by atoms with Gasteiger partial charge in [0.15, 0.2) is 0 Å². The second kappa shape index (κ2) is 7.28. The van der Waals surface area contributed by atoms with Crippen LogP contribution in [0.3, 0.4) is 0 Å². The molecule has 0 saturated heterocycles. The Kier molecular flexibility index (Phi) is 6.32. The number of nitrogens with one attached hydrogen (secondary N) is 1. The van der Waals surface area contributed by atoms with Gasteiger partial charge in [0.1, 0.15) is 0 Å². The van der Waals surface area contributed by atoms with Crippen LogP contribution in [0, 0.1) is 0 Å². The van der Waals surface area contributed by atoms with Crippen molar-refractivity contribution in [1.82, 2.24) is 4.72 Å². The SMILES string of the molecule is CSCCC(C)NS(=O)(=O)c1cccc(C(C)N)c1. The van der Waals surface area contributed by atoms with Crippen LogP contribution in [0.2, 0.25) is 0 Å². The molecule has 0 fully saturated rings. The Balaban J connectivity index is 2.85. The van der Waals surface area contributed by atoms with Crippen molar-refractivity contribution in [3.63, 3.8) is 0 Å². The van der Waals surface area contributed by atoms with Gasteiger partial charge in [0.25, 0.3) is 0 Å². The summed E-state index contributed by atoms with van der Waals surface area (Å²) < 4.78 is 27.1. The van der Waals surface area contributed by atoms with Gasteiger partial charge in [0.05, 0.1) is 4.90 Å². The molecule has 2 atom stereocenters. The molecule has 3 N–H and O–H groups in total. The third-order valence-corrected chi connectivity index (χ3v) is 5.04. The smallest absolute Gasteiger partial charge is 0.240 e. The van der Waals surface area contributed by atoms with Gasteiger partial charge in [-0.2, -0.15) is 11.8 Å². The highest BCUT2D eigenvalue weighted by Gasteiger charge is 2.17. The number of thioether (sulfide) groups is 1. The molecule has 0 aliphatic heterocycles. The molecule has 2 unspecified atom stereocenters. The normalized spacial score (nSPS) is 15.2. The fourth-order valence-corrected chi connectivity index (χ4v) is 3.57. The number of hydrogen-bond donors (Lipinski definition) is 2. The second-order valence-electron chi connectivity index (χ2n) is 4.66. The van der Waals surface area contributed by atoms with Crippen LogP contribution in [0.25, 0.3) is 0 Å². The molecule has 0 bridgehead atoms. The highest BCUT2D eigenvalue weighted by Crippen LogP contribution is 2.16. The molecule has 0 spiro atoms. The van der Waals surface area contributed by atoms with Crippen molar-refractivity contribution >= 4 is 21.8 Å². The third kappa shape index (κ3) is 5.14. The minimum Gasteiger partial charge on any atom is -0.324 e. The first kappa shape index (κ1) is 16.5. The highest BCUT2D eigenvalue weighted by atomic mass is 32.2. The molecule has 0 aliphatic carbocycles. The molecule has 1 aromatic rings. The van der Waals surface area contributed by atoms with E-state index in [1.165, 1.54) is 0 Å². The van der Waals surface area contributed by atoms with Crippen molar-refractivity contribution in [2.75, 3.05) is 12.0 Å². The number of hydrogen-bond acceptors (Lipinski definition) is 4. The molecule has 0 heterocycles. The fraction of sp³-hybridized carbons (Fsp3) is 0.538. The fourth-order valence-electron chi connectivity index (χ4n) is 1.65. The second-order valence-corrected chi connectivity index (χ2v) is 7.36. The summed E-state index contributed by atoms with van der Waals surface area (Å²) in [5.74, 6) is 0.934. The molecule has 0 amide bonds. The molecule has 0 saturated carbocycles. The summed E-state index contributed by atoms with van der Waals surface area (Å²) in [5.41, 5.74) is 6.59. The Morgan fingerprint density at radius 1 is 1.37 bits per heavy atom. The highest BCUT2D eigenvalue weighted by molar-refractivity contribution is 7.98. The lowest BCUT2D eigenvalue weighted by Crippen LogP contribution is -2.33. The quantitative estimate of drug-likeness (QED) is 0.809. The van der Waals surface area contributed by atoms with Crippen LogP contribution in [0.1, 0.15) is 31.9 Å². The van der Waals surface area contributed by atoms with E-state index in [4.69, 9.17) is 5.73 Å². The maximum atomic E-state index is 12.2. The van der Waals surface area contributed by atoms with Crippen LogP contribution in [0.15, 0.2) is 29.2 Å². The Hall–Kier alpha value is -0.560. The first-order valence-electron chi connectivity index (χ1n) is 6.23. The van der Waals surface area contributed by atoms with Gasteiger partial charge in [0.2, 0.25) is 10.0 Å². The van der Waals surface area contributed by atoms with E-state index in [1.807, 2.05) is 26.2 Å². The van der Waals surface area contributed by atoms with E-state index in [9.17, 15) is 8.42 Å². The number of rotatable bonds is 7. The van der Waals surface area contributed by atoms with E-state index in [1.54, 1.807) is 30.0 Å². The Morgan fingerprint density at radius 3 is 2.63 bits per heavy atom. The van der Waals surface area contributed by atoms with Gasteiger partial charge in [-0.25, -0.2) is 13.1 Å². The first-order chi connectivity index (χ1) is 8.86. The van der Waals surface area contributed by atoms with E-state index in [2.05, 4.69) is 4.72 Å². The Morgan fingerprint density at radius 2 is 2.05 bits per heavy atom. The lowest BCUT2D eigenvalue weighted by Gasteiger charge is -2.14. The van der Waals surface area contributed by atoms with E-state index < -0.39 is 10.0 Å². The molecule has 4 nitrogen and oxygen atoms in total. The maximum Gasteiger partial charge on any atom is 0.240 e. The van der Waals surface area contributed by atoms with Crippen LogP contribution < -0.4 is 10.5 Å². The summed E-state index contributed by atoms with van der Waals surface area (Å²) in [6, 6.07) is 6.53. The zero-order chi connectivity index (χ0) is 14.5. The summed E-state index contributed by atoms with van der Waals surface area (Å²) in [4.78, 5) is 0.276. The van der Waals surface area contributed by atoms with Crippen molar-refractivity contribution in [3.05, 3.63) is 29.8 Å². The molecule has 0 aliphatic rings. The standard InChI is InChI=1S/C13H22N2O2S2/c1-10(7-8-18-3)15-19(16,17)13-6-4-5-12(9-13)11(2)14/h4-6,9-11,15H,7-8,14H2,1-3H3. The minimum absolute atomic E-state index is 0.0728. The van der Waals surface area contributed by atoms with Crippen LogP contribution in [0.4, 0.5) is 0 Å². The summed E-state index contributed by atoms with van der Waals surface area (Å²) in [5, 5.41) is 0. The maximum absolute atomic E-state index is 12.2. The summed E-state index contributed by atoms with van der Waals surface area (Å²) in [6.07, 6.45) is 2.82. The average Bonchev–Trinajstić information content (AvgIpc) is 2.36. The van der Waals surface area contributed by atoms with Gasteiger partial charge < -0.3 is 5.73 Å². The van der Waals surface area contributed by atoms with Gasteiger partial charge in [0, 0.05) is 12.1 Å². The van der Waals surface area contributed by atoms with Gasteiger partial charge in [-0.3, -0.25) is 0 Å². The monoisotopic (exact) mass is 302 g/mol. The zero-order valence-corrected chi connectivity index (χ0v) is 13.2. The molecule has 6 heteroatoms. The topological polar surface area (TPSA) is 72.2 Å². The number of benzene rings is 1. The van der Waals surface area contributed by atoms with Gasteiger partial charge in [-0.15, -0.1) is 0 Å². The number of nitrogens with two attached hydrogens (primary N) is 1. The van der Waals surface area contributed by atoms with Crippen molar-refractivity contribution in [2.45, 2.75) is 37.2 Å². The molecule has 1 aromatic carbocycles. The molecule has 0 aromatic heterocycles. The van der Waals surface area contributed by atoms with Gasteiger partial charge in [-0.05, 0) is 50.0 Å². The largest absolute Gasteiger partial charge is 0.324 e. The minimum atomic E-state index is -3.46. The lowest BCUT2D eigenvalue weighted by molar-refractivity contribution is 0.557. The van der Waals surface area contributed by atoms with Crippen LogP contribution in [-0.2, 0) is 10.0 Å². The predicted octanol–water partition coefficient (Wildman–Crippen LogP) is 2.13. The van der Waals surface area contributed by atoms with Gasteiger partial charge >= 0.3 is 0 Å². The predicted molar refractivity (Wildman–Crippen MR) is 81.8 cm³/mol. The number of sulfonamides is 1. The zero-order valence-electron chi connectivity index (χ0n) is 11.6. The summed E-state index contributed by atoms with van der Waals surface area (Å²) in [7, 11) is -3.46. The third-order valence-electron chi connectivity index (χ3n) is 2.81. The van der Waals surface area contributed by atoms with Crippen molar-refractivity contribution < 1.29 is 8.42 Å². The van der Waals surface area contributed by atoms with E-state index in [-0.39, 0.29) is 17.0 Å². The van der Waals surface area contributed by atoms with Crippen LogP contribution in [-0.4, -0.2) is 26.5 Å². The average molecular weight is 302 g/mol. The molecular formula is C13H22N2O2S2. The van der Waals surface area contributed by atoms with E-state index in [0.717, 1.165) is 17.7 Å². The van der Waals surface area contributed by atoms with Crippen molar-refractivity contribution in [2.24, 2.45) is 5.73 Å². The summed E-state index contributed by atoms with van der Waals surface area (Å²) in [6.45, 7) is 3.71. The molecule has 19 heavy (non-hydrogen) atoms. The summed E-state index contributed by atoms with van der Waals surface area (Å²) >= 11 is 1.71. The van der Waals surface area contributed by atoms with Crippen LogP contribution >= 0.6 is 11.8 Å². The molecule has 1 rings (SSSR count). The van der Waals surface area contributed by atoms with Crippen molar-refractivity contribution in [3.8, 4) is 0 Å². The lowest BCUT2D eigenvalue weighted by atomic mass is 10.1. The first-order valence-corrected chi connectivity index (χ1v) is 9.11.